The van der Waals surface area contributed by atoms with Crippen LogP contribution in [-0.4, -0.2) is 23.5 Å². The Labute approximate surface area is 158 Å². The highest BCUT2D eigenvalue weighted by molar-refractivity contribution is 6.10. The Morgan fingerprint density at radius 1 is 1.15 bits per heavy atom. The molecule has 0 saturated carbocycles. The number of hydrogen-bond acceptors (Lipinski definition) is 3. The molecule has 5 nitrogen and oxygen atoms in total. The predicted molar refractivity (Wildman–Crippen MR) is 106 cm³/mol. The van der Waals surface area contributed by atoms with Gasteiger partial charge in [-0.3, -0.25) is 4.79 Å². The van der Waals surface area contributed by atoms with Crippen molar-refractivity contribution in [3.05, 3.63) is 70.4 Å². The first kappa shape index (κ1) is 18.7. The van der Waals surface area contributed by atoms with Crippen LogP contribution in [0.4, 0.5) is 0 Å². The van der Waals surface area contributed by atoms with Crippen molar-refractivity contribution in [2.75, 3.05) is 6.61 Å². The van der Waals surface area contributed by atoms with Gasteiger partial charge in [-0.15, -0.1) is 0 Å². The van der Waals surface area contributed by atoms with Gasteiger partial charge in [0.2, 0.25) is 0 Å². The molecular formula is C22H24N2O3. The van der Waals surface area contributed by atoms with E-state index in [1.807, 2.05) is 44.2 Å². The first-order valence-corrected chi connectivity index (χ1v) is 9.11. The van der Waals surface area contributed by atoms with Gasteiger partial charge in [-0.05, 0) is 42.5 Å². The lowest BCUT2D eigenvalue weighted by molar-refractivity contribution is 0.0526. The van der Waals surface area contributed by atoms with Gasteiger partial charge in [0, 0.05) is 16.6 Å². The van der Waals surface area contributed by atoms with Crippen LogP contribution >= 0.6 is 0 Å². The number of rotatable bonds is 6. The monoisotopic (exact) mass is 364 g/mol. The van der Waals surface area contributed by atoms with E-state index in [-0.39, 0.29) is 11.9 Å². The van der Waals surface area contributed by atoms with Gasteiger partial charge in [0.1, 0.15) is 0 Å². The zero-order chi connectivity index (χ0) is 19.6. The number of amides is 1. The number of carbonyl (C=O) groups is 2. The van der Waals surface area contributed by atoms with E-state index in [2.05, 4.69) is 4.98 Å². The van der Waals surface area contributed by atoms with E-state index in [9.17, 15) is 9.59 Å². The molecule has 0 aliphatic heterocycles. The molecule has 1 amide bonds. The maximum absolute atomic E-state index is 12.3. The maximum atomic E-state index is 12.3. The number of fused-ring (bicyclic) bond motifs is 1. The lowest BCUT2D eigenvalue weighted by atomic mass is 9.94. The first-order valence-electron chi connectivity index (χ1n) is 9.11. The number of benzene rings is 2. The summed E-state index contributed by atoms with van der Waals surface area (Å²) in [6.45, 7) is 6.08. The SMILES string of the molecule is CCOC(=O)c1cc(Cc2ccccc2)c2c(C(N)=O)c(C(C)C)[nH]c2c1. The molecule has 3 N–H and O–H groups in total. The van der Waals surface area contributed by atoms with Crippen LogP contribution in [0.25, 0.3) is 10.9 Å². The Balaban J connectivity index is 2.27. The smallest absolute Gasteiger partial charge is 0.338 e. The second-order valence-electron chi connectivity index (χ2n) is 6.87. The minimum absolute atomic E-state index is 0.0931. The van der Waals surface area contributed by atoms with E-state index in [1.165, 1.54) is 0 Å². The fraction of sp³-hybridized carbons (Fsp3) is 0.273. The van der Waals surface area contributed by atoms with Crippen molar-refractivity contribution < 1.29 is 14.3 Å². The van der Waals surface area contributed by atoms with E-state index in [1.54, 1.807) is 19.1 Å². The van der Waals surface area contributed by atoms with Crippen molar-refractivity contribution in [2.24, 2.45) is 5.73 Å². The molecule has 3 aromatic rings. The van der Waals surface area contributed by atoms with Crippen LogP contribution in [0.15, 0.2) is 42.5 Å². The molecule has 0 radical (unpaired) electrons. The summed E-state index contributed by atoms with van der Waals surface area (Å²) in [5.74, 6) is -0.756. The predicted octanol–water partition coefficient (Wildman–Crippen LogP) is 4.16. The molecule has 2 aromatic carbocycles. The highest BCUT2D eigenvalue weighted by Gasteiger charge is 2.23. The van der Waals surface area contributed by atoms with E-state index in [0.717, 1.165) is 27.7 Å². The van der Waals surface area contributed by atoms with E-state index in [0.29, 0.717) is 24.2 Å². The molecule has 0 aliphatic carbocycles. The second kappa shape index (κ2) is 7.66. The fourth-order valence-electron chi connectivity index (χ4n) is 3.41. The lowest BCUT2D eigenvalue weighted by Crippen LogP contribution is -2.14. The molecule has 0 bridgehead atoms. The third-order valence-electron chi connectivity index (χ3n) is 4.58. The van der Waals surface area contributed by atoms with Crippen molar-refractivity contribution in [1.82, 2.24) is 4.98 Å². The van der Waals surface area contributed by atoms with Crippen LogP contribution in [0, 0.1) is 0 Å². The number of esters is 1. The number of aromatic amines is 1. The topological polar surface area (TPSA) is 85.2 Å². The normalized spacial score (nSPS) is 11.1. The molecule has 0 saturated heterocycles. The summed E-state index contributed by atoms with van der Waals surface area (Å²) < 4.78 is 5.17. The molecule has 27 heavy (non-hydrogen) atoms. The number of ether oxygens (including phenoxy) is 1. The average Bonchev–Trinajstić information content (AvgIpc) is 3.03. The second-order valence-corrected chi connectivity index (χ2v) is 6.87. The van der Waals surface area contributed by atoms with Crippen LogP contribution in [0.1, 0.15) is 64.2 Å². The summed E-state index contributed by atoms with van der Waals surface area (Å²) in [7, 11) is 0. The van der Waals surface area contributed by atoms with Crippen LogP contribution in [0.2, 0.25) is 0 Å². The summed E-state index contributed by atoms with van der Waals surface area (Å²) in [5.41, 5.74) is 10.2. The number of nitrogens with one attached hydrogen (secondary N) is 1. The van der Waals surface area contributed by atoms with Crippen molar-refractivity contribution in [3.8, 4) is 0 Å². The van der Waals surface area contributed by atoms with Gasteiger partial charge >= 0.3 is 5.97 Å². The molecule has 0 unspecified atom stereocenters. The first-order chi connectivity index (χ1) is 12.9. The third kappa shape index (κ3) is 3.72. The van der Waals surface area contributed by atoms with Crippen LogP contribution in [0.3, 0.4) is 0 Å². The van der Waals surface area contributed by atoms with Gasteiger partial charge in [-0.1, -0.05) is 44.2 Å². The van der Waals surface area contributed by atoms with Gasteiger partial charge in [0.25, 0.3) is 5.91 Å². The van der Waals surface area contributed by atoms with E-state index >= 15 is 0 Å². The van der Waals surface area contributed by atoms with Crippen LogP contribution < -0.4 is 5.73 Å². The minimum atomic E-state index is -0.469. The summed E-state index contributed by atoms with van der Waals surface area (Å²) in [5, 5.41) is 0.781. The van der Waals surface area contributed by atoms with E-state index in [4.69, 9.17) is 10.5 Å². The summed E-state index contributed by atoms with van der Waals surface area (Å²) in [6, 6.07) is 13.5. The average molecular weight is 364 g/mol. The summed E-state index contributed by atoms with van der Waals surface area (Å²) in [4.78, 5) is 27.9. The highest BCUT2D eigenvalue weighted by Crippen LogP contribution is 2.32. The Kier molecular flexibility index (Phi) is 5.31. The summed E-state index contributed by atoms with van der Waals surface area (Å²) in [6.07, 6.45) is 0.584. The molecular weight excluding hydrogens is 340 g/mol. The molecule has 0 spiro atoms. The zero-order valence-electron chi connectivity index (χ0n) is 15.8. The number of H-pyrrole nitrogens is 1. The number of nitrogens with two attached hydrogens (primary N) is 1. The molecule has 3 rings (SSSR count). The Hall–Kier alpha value is -3.08. The number of hydrogen-bond donors (Lipinski definition) is 2. The quantitative estimate of drug-likeness (QED) is 0.644. The van der Waals surface area contributed by atoms with Crippen LogP contribution in [0.5, 0.6) is 0 Å². The summed E-state index contributed by atoms with van der Waals surface area (Å²) >= 11 is 0. The van der Waals surface area contributed by atoms with Crippen molar-refractivity contribution >= 4 is 22.8 Å². The lowest BCUT2D eigenvalue weighted by Gasteiger charge is -2.10. The fourth-order valence-corrected chi connectivity index (χ4v) is 3.41. The number of primary amides is 1. The molecule has 1 aromatic heterocycles. The molecule has 5 heteroatoms. The van der Waals surface area contributed by atoms with Crippen LogP contribution in [-0.2, 0) is 11.2 Å². The Morgan fingerprint density at radius 2 is 1.85 bits per heavy atom. The Bertz CT molecular complexity index is 988. The Morgan fingerprint density at radius 3 is 2.44 bits per heavy atom. The maximum Gasteiger partial charge on any atom is 0.338 e. The van der Waals surface area contributed by atoms with Gasteiger partial charge in [-0.2, -0.15) is 0 Å². The van der Waals surface area contributed by atoms with Gasteiger partial charge in [-0.25, -0.2) is 4.79 Å². The third-order valence-corrected chi connectivity index (χ3v) is 4.58. The highest BCUT2D eigenvalue weighted by atomic mass is 16.5. The standard InChI is InChI=1S/C22H24N2O3/c1-4-27-22(26)16-11-15(10-14-8-6-5-7-9-14)18-17(12-16)24-20(13(2)3)19(18)21(23)25/h5-9,11-13,24H,4,10H2,1-3H3,(H2,23,25). The molecule has 0 atom stereocenters. The number of carbonyl (C=O) groups excluding carboxylic acids is 2. The number of aromatic nitrogens is 1. The van der Waals surface area contributed by atoms with Gasteiger partial charge in [0.15, 0.2) is 0 Å². The minimum Gasteiger partial charge on any atom is -0.462 e. The van der Waals surface area contributed by atoms with Crippen molar-refractivity contribution in [2.45, 2.75) is 33.1 Å². The molecule has 0 aliphatic rings. The van der Waals surface area contributed by atoms with Crippen molar-refractivity contribution in [1.29, 1.82) is 0 Å². The van der Waals surface area contributed by atoms with E-state index < -0.39 is 5.91 Å². The molecule has 0 fully saturated rings. The largest absolute Gasteiger partial charge is 0.462 e. The molecule has 1 heterocycles. The zero-order valence-corrected chi connectivity index (χ0v) is 15.8. The van der Waals surface area contributed by atoms with Gasteiger partial charge < -0.3 is 15.5 Å². The van der Waals surface area contributed by atoms with Crippen molar-refractivity contribution in [3.63, 3.8) is 0 Å². The molecule has 140 valence electrons. The van der Waals surface area contributed by atoms with Gasteiger partial charge in [0.05, 0.1) is 17.7 Å².